The second-order valence-electron chi connectivity index (χ2n) is 5.63. The van der Waals surface area contributed by atoms with E-state index in [1.165, 1.54) is 5.56 Å². The van der Waals surface area contributed by atoms with Gasteiger partial charge in [-0.05, 0) is 37.1 Å². The van der Waals surface area contributed by atoms with E-state index in [1.54, 1.807) is 12.1 Å². The fourth-order valence-electron chi connectivity index (χ4n) is 2.40. The van der Waals surface area contributed by atoms with Crippen molar-refractivity contribution in [3.8, 4) is 0 Å². The minimum Gasteiger partial charge on any atom is -0.354 e. The largest absolute Gasteiger partial charge is 0.354 e. The molecular formula is C19H18Cl2N4. The molecule has 0 radical (unpaired) electrons. The number of hydrogen-bond donors (Lipinski definition) is 2. The standard InChI is InChI=1S/C19H18Cl2N4/c1-13-11-18(24-17-8-7-15(20)12-16(17)21)25-19(23-13)22-10-9-14-5-3-2-4-6-14/h2-8,11-12H,9-10H2,1H3,(H2,22,23,24,25). The summed E-state index contributed by atoms with van der Waals surface area (Å²) in [4.78, 5) is 8.93. The Morgan fingerprint density at radius 2 is 1.76 bits per heavy atom. The average Bonchev–Trinajstić information content (AvgIpc) is 2.58. The molecule has 0 amide bonds. The topological polar surface area (TPSA) is 49.8 Å². The number of halogens is 2. The number of rotatable bonds is 6. The lowest BCUT2D eigenvalue weighted by Gasteiger charge is -2.11. The molecule has 0 saturated heterocycles. The van der Waals surface area contributed by atoms with E-state index in [2.05, 4.69) is 32.7 Å². The van der Waals surface area contributed by atoms with Crippen LogP contribution in [0.1, 0.15) is 11.3 Å². The second-order valence-corrected chi connectivity index (χ2v) is 6.47. The summed E-state index contributed by atoms with van der Waals surface area (Å²) in [5, 5.41) is 7.61. The fourth-order valence-corrected chi connectivity index (χ4v) is 2.86. The lowest BCUT2D eigenvalue weighted by atomic mass is 10.1. The first-order valence-corrected chi connectivity index (χ1v) is 8.71. The third-order valence-electron chi connectivity index (χ3n) is 3.59. The van der Waals surface area contributed by atoms with Gasteiger partial charge in [0.25, 0.3) is 0 Å². The lowest BCUT2D eigenvalue weighted by Crippen LogP contribution is -2.09. The van der Waals surface area contributed by atoms with Gasteiger partial charge in [-0.25, -0.2) is 4.98 Å². The number of aryl methyl sites for hydroxylation is 1. The summed E-state index contributed by atoms with van der Waals surface area (Å²) in [6.07, 6.45) is 0.907. The van der Waals surface area contributed by atoms with Crippen LogP contribution in [0.3, 0.4) is 0 Å². The van der Waals surface area contributed by atoms with E-state index in [-0.39, 0.29) is 0 Å². The molecule has 1 aromatic heterocycles. The predicted molar refractivity (Wildman–Crippen MR) is 105 cm³/mol. The smallest absolute Gasteiger partial charge is 0.224 e. The van der Waals surface area contributed by atoms with Crippen LogP contribution in [0.5, 0.6) is 0 Å². The molecule has 0 fully saturated rings. The van der Waals surface area contributed by atoms with Gasteiger partial charge < -0.3 is 10.6 Å². The van der Waals surface area contributed by atoms with E-state index in [0.29, 0.717) is 21.8 Å². The van der Waals surface area contributed by atoms with Gasteiger partial charge in [-0.15, -0.1) is 0 Å². The summed E-state index contributed by atoms with van der Waals surface area (Å²) in [5.41, 5.74) is 2.89. The van der Waals surface area contributed by atoms with Crippen LogP contribution in [0, 0.1) is 6.92 Å². The van der Waals surface area contributed by atoms with Gasteiger partial charge in [-0.2, -0.15) is 4.98 Å². The number of hydrogen-bond acceptors (Lipinski definition) is 4. The molecule has 6 heteroatoms. The third kappa shape index (κ3) is 5.08. The van der Waals surface area contributed by atoms with Crippen LogP contribution in [-0.2, 0) is 6.42 Å². The maximum absolute atomic E-state index is 6.20. The molecule has 0 unspecified atom stereocenters. The molecule has 128 valence electrons. The molecule has 1 heterocycles. The average molecular weight is 373 g/mol. The lowest BCUT2D eigenvalue weighted by molar-refractivity contribution is 0.976. The van der Waals surface area contributed by atoms with Crippen LogP contribution >= 0.6 is 23.2 Å². The highest BCUT2D eigenvalue weighted by molar-refractivity contribution is 6.36. The Morgan fingerprint density at radius 3 is 2.52 bits per heavy atom. The molecule has 0 aliphatic carbocycles. The Hall–Kier alpha value is -2.30. The van der Waals surface area contributed by atoms with Gasteiger partial charge in [0.05, 0.1) is 10.7 Å². The Labute approximate surface area is 157 Å². The number of nitrogens with one attached hydrogen (secondary N) is 2. The molecule has 25 heavy (non-hydrogen) atoms. The molecule has 4 nitrogen and oxygen atoms in total. The summed E-state index contributed by atoms with van der Waals surface area (Å²) < 4.78 is 0. The van der Waals surface area contributed by atoms with Crippen molar-refractivity contribution in [2.75, 3.05) is 17.2 Å². The highest BCUT2D eigenvalue weighted by Gasteiger charge is 2.06. The molecule has 3 rings (SSSR count). The van der Waals surface area contributed by atoms with E-state index in [9.17, 15) is 0 Å². The Morgan fingerprint density at radius 1 is 0.960 bits per heavy atom. The maximum Gasteiger partial charge on any atom is 0.224 e. The Bertz CT molecular complexity index is 853. The first kappa shape index (κ1) is 17.5. The van der Waals surface area contributed by atoms with Gasteiger partial charge >= 0.3 is 0 Å². The molecule has 0 bridgehead atoms. The van der Waals surface area contributed by atoms with E-state index < -0.39 is 0 Å². The van der Waals surface area contributed by atoms with Gasteiger partial charge in [0.1, 0.15) is 5.82 Å². The van der Waals surface area contributed by atoms with E-state index >= 15 is 0 Å². The van der Waals surface area contributed by atoms with Crippen molar-refractivity contribution in [3.05, 3.63) is 75.9 Å². The van der Waals surface area contributed by atoms with Crippen molar-refractivity contribution in [1.82, 2.24) is 9.97 Å². The monoisotopic (exact) mass is 372 g/mol. The van der Waals surface area contributed by atoms with Crippen LogP contribution in [0.2, 0.25) is 10.0 Å². The Kier molecular flexibility index (Phi) is 5.74. The SMILES string of the molecule is Cc1cc(Nc2ccc(Cl)cc2Cl)nc(NCCc2ccccc2)n1. The van der Waals surface area contributed by atoms with Crippen molar-refractivity contribution in [1.29, 1.82) is 0 Å². The van der Waals surface area contributed by atoms with Crippen LogP contribution in [0.15, 0.2) is 54.6 Å². The highest BCUT2D eigenvalue weighted by atomic mass is 35.5. The molecule has 2 aromatic carbocycles. The molecule has 2 N–H and O–H groups in total. The van der Waals surface area contributed by atoms with Crippen LogP contribution < -0.4 is 10.6 Å². The molecule has 3 aromatic rings. The van der Waals surface area contributed by atoms with Crippen molar-refractivity contribution in [3.63, 3.8) is 0 Å². The van der Waals surface area contributed by atoms with Gasteiger partial charge in [0, 0.05) is 23.3 Å². The van der Waals surface area contributed by atoms with Gasteiger partial charge in [0.15, 0.2) is 0 Å². The number of benzene rings is 2. The minimum atomic E-state index is 0.544. The first-order valence-electron chi connectivity index (χ1n) is 7.96. The second kappa shape index (κ2) is 8.19. The van der Waals surface area contributed by atoms with Crippen LogP contribution in [-0.4, -0.2) is 16.5 Å². The van der Waals surface area contributed by atoms with E-state index in [4.69, 9.17) is 23.2 Å². The van der Waals surface area contributed by atoms with Crippen LogP contribution in [0.4, 0.5) is 17.5 Å². The van der Waals surface area contributed by atoms with E-state index in [0.717, 1.165) is 24.3 Å². The number of anilines is 3. The minimum absolute atomic E-state index is 0.544. The zero-order chi connectivity index (χ0) is 17.6. The Balaban J connectivity index is 1.67. The summed E-state index contributed by atoms with van der Waals surface area (Å²) in [5.74, 6) is 1.27. The normalized spacial score (nSPS) is 10.5. The molecular weight excluding hydrogens is 355 g/mol. The molecule has 0 spiro atoms. The highest BCUT2D eigenvalue weighted by Crippen LogP contribution is 2.28. The summed E-state index contributed by atoms with van der Waals surface area (Å²) in [7, 11) is 0. The van der Waals surface area contributed by atoms with Crippen molar-refractivity contribution in [2.45, 2.75) is 13.3 Å². The van der Waals surface area contributed by atoms with Crippen LogP contribution in [0.25, 0.3) is 0 Å². The molecule has 0 atom stereocenters. The molecule has 0 saturated carbocycles. The number of nitrogens with zero attached hydrogens (tertiary/aromatic N) is 2. The predicted octanol–water partition coefficient (Wildman–Crippen LogP) is 5.49. The van der Waals surface area contributed by atoms with E-state index in [1.807, 2.05) is 37.3 Å². The van der Waals surface area contributed by atoms with Gasteiger partial charge in [-0.1, -0.05) is 53.5 Å². The molecule has 0 aliphatic heterocycles. The van der Waals surface area contributed by atoms with Crippen molar-refractivity contribution >= 4 is 40.7 Å². The first-order chi connectivity index (χ1) is 12.1. The summed E-state index contributed by atoms with van der Waals surface area (Å²) in [6, 6.07) is 17.5. The van der Waals surface area contributed by atoms with Gasteiger partial charge in [-0.3, -0.25) is 0 Å². The third-order valence-corrected chi connectivity index (χ3v) is 4.14. The maximum atomic E-state index is 6.20. The fraction of sp³-hybridized carbons (Fsp3) is 0.158. The van der Waals surface area contributed by atoms with Crippen molar-refractivity contribution in [2.24, 2.45) is 0 Å². The number of aromatic nitrogens is 2. The zero-order valence-corrected chi connectivity index (χ0v) is 15.3. The summed E-state index contributed by atoms with van der Waals surface area (Å²) >= 11 is 12.1. The van der Waals surface area contributed by atoms with Gasteiger partial charge in [0.2, 0.25) is 5.95 Å². The van der Waals surface area contributed by atoms with Crippen molar-refractivity contribution < 1.29 is 0 Å². The quantitative estimate of drug-likeness (QED) is 0.600. The molecule has 0 aliphatic rings. The zero-order valence-electron chi connectivity index (χ0n) is 13.8. The summed E-state index contributed by atoms with van der Waals surface area (Å²) in [6.45, 7) is 2.69.